The zero-order valence-corrected chi connectivity index (χ0v) is 20.4. The lowest BCUT2D eigenvalue weighted by molar-refractivity contribution is -0.143. The highest BCUT2D eigenvalue weighted by Gasteiger charge is 2.32. The van der Waals surface area contributed by atoms with E-state index < -0.39 is 6.04 Å². The van der Waals surface area contributed by atoms with Crippen molar-refractivity contribution in [1.29, 1.82) is 0 Å². The van der Waals surface area contributed by atoms with Crippen molar-refractivity contribution in [2.45, 2.75) is 57.7 Å². The van der Waals surface area contributed by atoms with E-state index in [0.717, 1.165) is 42.4 Å². The molecule has 1 atom stereocenters. The number of ether oxygens (including phenoxy) is 1. The SMILES string of the molecule is Cc1ccc(CN(C(=O)COc2ccccc2)[C@H](Cc2ccccc2)C(=O)NC2CCCC2)cc1. The Morgan fingerprint density at radius 1 is 0.886 bits per heavy atom. The van der Waals surface area contributed by atoms with Crippen LogP contribution in [0.1, 0.15) is 42.4 Å². The largest absolute Gasteiger partial charge is 0.484 e. The molecule has 5 heteroatoms. The maximum Gasteiger partial charge on any atom is 0.261 e. The minimum absolute atomic E-state index is 0.0964. The van der Waals surface area contributed by atoms with Gasteiger partial charge in [-0.05, 0) is 43.0 Å². The van der Waals surface area contributed by atoms with E-state index in [0.29, 0.717) is 18.7 Å². The van der Waals surface area contributed by atoms with Crippen molar-refractivity contribution in [2.24, 2.45) is 0 Å². The van der Waals surface area contributed by atoms with Crippen LogP contribution in [0.25, 0.3) is 0 Å². The van der Waals surface area contributed by atoms with Crippen LogP contribution in [0.4, 0.5) is 0 Å². The smallest absolute Gasteiger partial charge is 0.261 e. The summed E-state index contributed by atoms with van der Waals surface area (Å²) in [5.41, 5.74) is 3.15. The molecule has 1 aliphatic rings. The van der Waals surface area contributed by atoms with Crippen molar-refractivity contribution >= 4 is 11.8 Å². The van der Waals surface area contributed by atoms with Crippen LogP contribution in [-0.4, -0.2) is 35.4 Å². The van der Waals surface area contributed by atoms with Crippen molar-refractivity contribution in [3.8, 4) is 5.75 Å². The highest BCUT2D eigenvalue weighted by Crippen LogP contribution is 2.20. The maximum absolute atomic E-state index is 13.6. The molecular weight excluding hydrogens is 436 g/mol. The summed E-state index contributed by atoms with van der Waals surface area (Å²) in [6.07, 6.45) is 4.69. The summed E-state index contributed by atoms with van der Waals surface area (Å²) < 4.78 is 5.80. The predicted molar refractivity (Wildman–Crippen MR) is 138 cm³/mol. The van der Waals surface area contributed by atoms with Crippen molar-refractivity contribution < 1.29 is 14.3 Å². The van der Waals surface area contributed by atoms with Gasteiger partial charge >= 0.3 is 0 Å². The molecule has 182 valence electrons. The van der Waals surface area contributed by atoms with Crippen molar-refractivity contribution in [3.05, 3.63) is 102 Å². The highest BCUT2D eigenvalue weighted by atomic mass is 16.5. The summed E-state index contributed by atoms with van der Waals surface area (Å²) >= 11 is 0. The van der Waals surface area contributed by atoms with Gasteiger partial charge in [0.1, 0.15) is 11.8 Å². The van der Waals surface area contributed by atoms with Crippen molar-refractivity contribution in [1.82, 2.24) is 10.2 Å². The van der Waals surface area contributed by atoms with Gasteiger partial charge < -0.3 is 15.0 Å². The van der Waals surface area contributed by atoms with Crippen molar-refractivity contribution in [2.75, 3.05) is 6.61 Å². The van der Waals surface area contributed by atoms with Crippen LogP contribution >= 0.6 is 0 Å². The number of carbonyl (C=O) groups excluding carboxylic acids is 2. The third-order valence-electron chi connectivity index (χ3n) is 6.55. The van der Waals surface area contributed by atoms with Gasteiger partial charge in [0.2, 0.25) is 5.91 Å². The number of para-hydroxylation sites is 1. The Balaban J connectivity index is 1.60. The second-order valence-corrected chi connectivity index (χ2v) is 9.30. The first-order valence-corrected chi connectivity index (χ1v) is 12.5. The molecule has 0 unspecified atom stereocenters. The molecule has 1 saturated carbocycles. The second kappa shape index (κ2) is 12.2. The highest BCUT2D eigenvalue weighted by molar-refractivity contribution is 5.88. The predicted octanol–water partition coefficient (Wildman–Crippen LogP) is 5.07. The maximum atomic E-state index is 13.6. The van der Waals surface area contributed by atoms with Gasteiger partial charge in [0.05, 0.1) is 0 Å². The normalized spacial score (nSPS) is 14.3. The lowest BCUT2D eigenvalue weighted by Gasteiger charge is -2.32. The Labute approximate surface area is 208 Å². The van der Waals surface area contributed by atoms with Gasteiger partial charge in [0.25, 0.3) is 5.91 Å². The van der Waals surface area contributed by atoms with E-state index in [9.17, 15) is 9.59 Å². The fourth-order valence-corrected chi connectivity index (χ4v) is 4.56. The van der Waals surface area contributed by atoms with Crippen LogP contribution in [-0.2, 0) is 22.6 Å². The van der Waals surface area contributed by atoms with Gasteiger partial charge in [-0.1, -0.05) is 91.2 Å². The second-order valence-electron chi connectivity index (χ2n) is 9.30. The number of amides is 2. The molecule has 0 heterocycles. The molecule has 0 aliphatic heterocycles. The molecule has 4 rings (SSSR count). The van der Waals surface area contributed by atoms with E-state index in [1.54, 1.807) is 4.90 Å². The molecule has 5 nitrogen and oxygen atoms in total. The Morgan fingerprint density at radius 2 is 1.51 bits per heavy atom. The fourth-order valence-electron chi connectivity index (χ4n) is 4.56. The topological polar surface area (TPSA) is 58.6 Å². The standard InChI is InChI=1S/C30H34N2O3/c1-23-16-18-25(19-17-23)21-32(29(33)22-35-27-14-6-3-7-15-27)28(20-24-10-4-2-5-11-24)30(34)31-26-12-8-9-13-26/h2-7,10-11,14-19,26,28H,8-9,12-13,20-22H2,1H3,(H,31,34)/t28-/m1/s1. The zero-order chi connectivity index (χ0) is 24.5. The van der Waals surface area contributed by atoms with E-state index in [1.807, 2.05) is 91.9 Å². The van der Waals surface area contributed by atoms with Gasteiger partial charge in [-0.25, -0.2) is 0 Å². The molecule has 2 amide bonds. The molecular formula is C30H34N2O3. The molecule has 0 bridgehead atoms. The van der Waals surface area contributed by atoms with Gasteiger partial charge in [-0.3, -0.25) is 9.59 Å². The molecule has 0 saturated heterocycles. The van der Waals surface area contributed by atoms with Crippen LogP contribution in [0.15, 0.2) is 84.9 Å². The quantitative estimate of drug-likeness (QED) is 0.450. The van der Waals surface area contributed by atoms with Gasteiger partial charge in [-0.2, -0.15) is 0 Å². The Hall–Kier alpha value is -3.60. The number of carbonyl (C=O) groups is 2. The minimum Gasteiger partial charge on any atom is -0.484 e. The number of nitrogens with zero attached hydrogens (tertiary/aromatic N) is 1. The van der Waals surface area contributed by atoms with E-state index in [2.05, 4.69) is 5.32 Å². The molecule has 1 fully saturated rings. The summed E-state index contributed by atoms with van der Waals surface area (Å²) in [6.45, 7) is 2.25. The number of aryl methyl sites for hydroxylation is 1. The minimum atomic E-state index is -0.633. The van der Waals surface area contributed by atoms with Gasteiger partial charge in [0, 0.05) is 19.0 Å². The van der Waals surface area contributed by atoms with Crippen LogP contribution < -0.4 is 10.1 Å². The first kappa shape index (κ1) is 24.5. The first-order chi connectivity index (χ1) is 17.1. The summed E-state index contributed by atoms with van der Waals surface area (Å²) in [4.78, 5) is 28.9. The summed E-state index contributed by atoms with van der Waals surface area (Å²) in [5.74, 6) is 0.323. The van der Waals surface area contributed by atoms with E-state index >= 15 is 0 Å². The Bertz CT molecular complexity index is 1080. The molecule has 0 spiro atoms. The average molecular weight is 471 g/mol. The van der Waals surface area contributed by atoms with Crippen LogP contribution in [0.3, 0.4) is 0 Å². The number of hydrogen-bond donors (Lipinski definition) is 1. The molecule has 3 aromatic carbocycles. The molecule has 3 aromatic rings. The van der Waals surface area contributed by atoms with Crippen LogP contribution in [0.5, 0.6) is 5.75 Å². The number of benzene rings is 3. The Kier molecular flexibility index (Phi) is 8.55. The summed E-state index contributed by atoms with van der Waals surface area (Å²) in [5, 5.41) is 3.23. The van der Waals surface area contributed by atoms with Crippen molar-refractivity contribution in [3.63, 3.8) is 0 Å². The van der Waals surface area contributed by atoms with E-state index in [1.165, 1.54) is 0 Å². The van der Waals surface area contributed by atoms with Crippen LogP contribution in [0.2, 0.25) is 0 Å². The van der Waals surface area contributed by atoms with Crippen LogP contribution in [0, 0.1) is 6.92 Å². The van der Waals surface area contributed by atoms with E-state index in [-0.39, 0.29) is 24.5 Å². The summed E-state index contributed by atoms with van der Waals surface area (Å²) in [6, 6.07) is 26.8. The third-order valence-corrected chi connectivity index (χ3v) is 6.55. The molecule has 1 N–H and O–H groups in total. The average Bonchev–Trinajstić information content (AvgIpc) is 3.40. The lowest BCUT2D eigenvalue weighted by Crippen LogP contribution is -2.53. The summed E-state index contributed by atoms with van der Waals surface area (Å²) in [7, 11) is 0. The molecule has 0 radical (unpaired) electrons. The first-order valence-electron chi connectivity index (χ1n) is 12.5. The lowest BCUT2D eigenvalue weighted by atomic mass is 10.0. The third kappa shape index (κ3) is 7.19. The number of nitrogens with one attached hydrogen (secondary N) is 1. The number of rotatable bonds is 10. The van der Waals surface area contributed by atoms with E-state index in [4.69, 9.17) is 4.74 Å². The number of hydrogen-bond acceptors (Lipinski definition) is 3. The molecule has 0 aromatic heterocycles. The molecule has 35 heavy (non-hydrogen) atoms. The van der Waals surface area contributed by atoms with Gasteiger partial charge in [0.15, 0.2) is 6.61 Å². The van der Waals surface area contributed by atoms with Gasteiger partial charge in [-0.15, -0.1) is 0 Å². The monoisotopic (exact) mass is 470 g/mol. The Morgan fingerprint density at radius 3 is 2.17 bits per heavy atom. The zero-order valence-electron chi connectivity index (χ0n) is 20.4. The fraction of sp³-hybridized carbons (Fsp3) is 0.333. The molecule has 1 aliphatic carbocycles.